The average Bonchev–Trinajstić information content (AvgIpc) is 2.97. The Morgan fingerprint density at radius 3 is 2.70 bits per heavy atom. The van der Waals surface area contributed by atoms with Crippen LogP contribution >= 0.6 is 0 Å². The summed E-state index contributed by atoms with van der Waals surface area (Å²) in [4.78, 5) is 12.2. The van der Waals surface area contributed by atoms with Gasteiger partial charge in [-0.15, -0.1) is 0 Å². The maximum atomic E-state index is 12.2. The van der Waals surface area contributed by atoms with Gasteiger partial charge in [0.05, 0.1) is 17.9 Å². The molecule has 110 valence electrons. The highest BCUT2D eigenvalue weighted by atomic mass is 16.1. The Morgan fingerprint density at radius 1 is 1.20 bits per heavy atom. The Balaban J connectivity index is 1.57. The summed E-state index contributed by atoms with van der Waals surface area (Å²) in [5.41, 5.74) is 0.846. The predicted molar refractivity (Wildman–Crippen MR) is 78.6 cm³/mol. The zero-order chi connectivity index (χ0) is 13.8. The van der Waals surface area contributed by atoms with E-state index in [2.05, 4.69) is 15.7 Å². The number of nitrogens with one attached hydrogen (secondary N) is 2. The van der Waals surface area contributed by atoms with Crippen LogP contribution < -0.4 is 10.6 Å². The van der Waals surface area contributed by atoms with E-state index in [1.807, 2.05) is 10.9 Å². The third kappa shape index (κ3) is 3.20. The highest BCUT2D eigenvalue weighted by Crippen LogP contribution is 2.25. The number of aromatic nitrogens is 2. The van der Waals surface area contributed by atoms with Crippen LogP contribution in [0.3, 0.4) is 0 Å². The van der Waals surface area contributed by atoms with Gasteiger partial charge in [0, 0.05) is 12.1 Å². The summed E-state index contributed by atoms with van der Waals surface area (Å²) in [7, 11) is 0. The fourth-order valence-corrected chi connectivity index (χ4v) is 3.28. The van der Waals surface area contributed by atoms with Crippen molar-refractivity contribution in [1.29, 1.82) is 0 Å². The maximum absolute atomic E-state index is 12.2. The van der Waals surface area contributed by atoms with Gasteiger partial charge in [0.1, 0.15) is 0 Å². The number of anilines is 1. The SMILES string of the molecule is O=C(Nc1cnn(C2CCNCC2)c1)C1CCCCC1. The molecule has 2 aliphatic rings. The van der Waals surface area contributed by atoms with Crippen LogP contribution in [0.2, 0.25) is 0 Å². The first-order valence-electron chi connectivity index (χ1n) is 7.88. The first kappa shape index (κ1) is 13.6. The molecule has 1 saturated carbocycles. The van der Waals surface area contributed by atoms with E-state index in [0.717, 1.165) is 44.5 Å². The predicted octanol–water partition coefficient (Wildman–Crippen LogP) is 2.33. The van der Waals surface area contributed by atoms with Gasteiger partial charge in [-0.25, -0.2) is 0 Å². The van der Waals surface area contributed by atoms with Crippen LogP contribution in [0.5, 0.6) is 0 Å². The van der Waals surface area contributed by atoms with E-state index in [0.29, 0.717) is 6.04 Å². The number of rotatable bonds is 3. The van der Waals surface area contributed by atoms with Crippen LogP contribution in [0.1, 0.15) is 51.0 Å². The van der Waals surface area contributed by atoms with Crippen LogP contribution in [0.4, 0.5) is 5.69 Å². The number of piperidine rings is 1. The molecular weight excluding hydrogens is 252 g/mol. The maximum Gasteiger partial charge on any atom is 0.227 e. The van der Waals surface area contributed by atoms with E-state index in [-0.39, 0.29) is 11.8 Å². The molecule has 5 heteroatoms. The highest BCUT2D eigenvalue weighted by Gasteiger charge is 2.22. The van der Waals surface area contributed by atoms with Gasteiger partial charge in [-0.05, 0) is 38.8 Å². The molecule has 5 nitrogen and oxygen atoms in total. The van der Waals surface area contributed by atoms with Crippen LogP contribution in [-0.2, 0) is 4.79 Å². The fourth-order valence-electron chi connectivity index (χ4n) is 3.28. The van der Waals surface area contributed by atoms with Crippen molar-refractivity contribution in [3.63, 3.8) is 0 Å². The van der Waals surface area contributed by atoms with Crippen LogP contribution in [-0.4, -0.2) is 28.8 Å². The van der Waals surface area contributed by atoms with Crippen molar-refractivity contribution in [2.24, 2.45) is 5.92 Å². The van der Waals surface area contributed by atoms with E-state index < -0.39 is 0 Å². The van der Waals surface area contributed by atoms with Gasteiger partial charge in [-0.2, -0.15) is 5.10 Å². The van der Waals surface area contributed by atoms with Crippen molar-refractivity contribution in [3.05, 3.63) is 12.4 Å². The summed E-state index contributed by atoms with van der Waals surface area (Å²) < 4.78 is 2.01. The second kappa shape index (κ2) is 6.39. The first-order chi connectivity index (χ1) is 9.83. The molecule has 1 aromatic rings. The summed E-state index contributed by atoms with van der Waals surface area (Å²) in [6.07, 6.45) is 11.7. The second-order valence-corrected chi connectivity index (χ2v) is 6.01. The molecule has 2 N–H and O–H groups in total. The normalized spacial score (nSPS) is 21.8. The molecule has 0 spiro atoms. The molecule has 1 aliphatic carbocycles. The largest absolute Gasteiger partial charge is 0.323 e. The molecule has 2 heterocycles. The van der Waals surface area contributed by atoms with Gasteiger partial charge in [0.2, 0.25) is 5.91 Å². The van der Waals surface area contributed by atoms with Gasteiger partial charge in [-0.3, -0.25) is 9.48 Å². The summed E-state index contributed by atoms with van der Waals surface area (Å²) in [6, 6.07) is 0.469. The minimum atomic E-state index is 0.176. The topological polar surface area (TPSA) is 59.0 Å². The zero-order valence-electron chi connectivity index (χ0n) is 12.0. The van der Waals surface area contributed by atoms with E-state index in [1.54, 1.807) is 6.20 Å². The third-order valence-electron chi connectivity index (χ3n) is 4.53. The molecule has 0 aromatic carbocycles. The molecule has 0 unspecified atom stereocenters. The van der Waals surface area contributed by atoms with Gasteiger partial charge in [-0.1, -0.05) is 19.3 Å². The minimum Gasteiger partial charge on any atom is -0.323 e. The van der Waals surface area contributed by atoms with Crippen LogP contribution in [0, 0.1) is 5.92 Å². The lowest BCUT2D eigenvalue weighted by Crippen LogP contribution is -2.29. The average molecular weight is 276 g/mol. The van der Waals surface area contributed by atoms with Crippen molar-refractivity contribution in [3.8, 4) is 0 Å². The molecule has 2 fully saturated rings. The number of amides is 1. The zero-order valence-corrected chi connectivity index (χ0v) is 12.0. The quantitative estimate of drug-likeness (QED) is 0.890. The molecule has 1 aromatic heterocycles. The van der Waals surface area contributed by atoms with E-state index in [4.69, 9.17) is 0 Å². The Morgan fingerprint density at radius 2 is 1.95 bits per heavy atom. The fraction of sp³-hybridized carbons (Fsp3) is 0.733. The van der Waals surface area contributed by atoms with Crippen LogP contribution in [0.15, 0.2) is 12.4 Å². The number of carbonyl (C=O) groups excluding carboxylic acids is 1. The van der Waals surface area contributed by atoms with Crippen LogP contribution in [0.25, 0.3) is 0 Å². The molecule has 20 heavy (non-hydrogen) atoms. The van der Waals surface area contributed by atoms with E-state index in [9.17, 15) is 4.79 Å². The Kier molecular flexibility index (Phi) is 4.35. The molecular formula is C15H24N4O. The molecule has 0 radical (unpaired) electrons. The van der Waals surface area contributed by atoms with E-state index in [1.165, 1.54) is 19.3 Å². The number of hydrogen-bond donors (Lipinski definition) is 2. The van der Waals surface area contributed by atoms with Gasteiger partial charge in [0.25, 0.3) is 0 Å². The lowest BCUT2D eigenvalue weighted by Gasteiger charge is -2.22. The van der Waals surface area contributed by atoms with Gasteiger partial charge >= 0.3 is 0 Å². The molecule has 1 saturated heterocycles. The molecule has 0 bridgehead atoms. The molecule has 1 amide bonds. The Labute approximate surface area is 120 Å². The third-order valence-corrected chi connectivity index (χ3v) is 4.53. The van der Waals surface area contributed by atoms with Crippen molar-refractivity contribution < 1.29 is 4.79 Å². The van der Waals surface area contributed by atoms with Crippen molar-refractivity contribution in [1.82, 2.24) is 15.1 Å². The minimum absolute atomic E-state index is 0.176. The first-order valence-corrected chi connectivity index (χ1v) is 7.88. The van der Waals surface area contributed by atoms with Crippen molar-refractivity contribution in [2.45, 2.75) is 51.0 Å². The number of carbonyl (C=O) groups is 1. The lowest BCUT2D eigenvalue weighted by molar-refractivity contribution is -0.120. The van der Waals surface area contributed by atoms with E-state index >= 15 is 0 Å². The monoisotopic (exact) mass is 276 g/mol. The second-order valence-electron chi connectivity index (χ2n) is 6.01. The highest BCUT2D eigenvalue weighted by molar-refractivity contribution is 5.92. The summed E-state index contributed by atoms with van der Waals surface area (Å²) in [5, 5.41) is 10.8. The standard InChI is InChI=1S/C15H24N4O/c20-15(12-4-2-1-3-5-12)18-13-10-17-19(11-13)14-6-8-16-9-7-14/h10-12,14,16H,1-9H2,(H,18,20). The molecule has 0 atom stereocenters. The number of hydrogen-bond acceptors (Lipinski definition) is 3. The Hall–Kier alpha value is -1.36. The molecule has 1 aliphatic heterocycles. The smallest absolute Gasteiger partial charge is 0.227 e. The molecule has 3 rings (SSSR count). The summed E-state index contributed by atoms with van der Waals surface area (Å²) in [6.45, 7) is 2.10. The lowest BCUT2D eigenvalue weighted by atomic mass is 9.89. The van der Waals surface area contributed by atoms with Gasteiger partial charge in [0.15, 0.2) is 0 Å². The summed E-state index contributed by atoms with van der Waals surface area (Å²) in [5.74, 6) is 0.376. The Bertz CT molecular complexity index is 444. The summed E-state index contributed by atoms with van der Waals surface area (Å²) >= 11 is 0. The van der Waals surface area contributed by atoms with Crippen molar-refractivity contribution in [2.75, 3.05) is 18.4 Å². The number of nitrogens with zero attached hydrogens (tertiary/aromatic N) is 2. The van der Waals surface area contributed by atoms with Gasteiger partial charge < -0.3 is 10.6 Å². The van der Waals surface area contributed by atoms with Crippen molar-refractivity contribution >= 4 is 11.6 Å².